The van der Waals surface area contributed by atoms with Gasteiger partial charge in [-0.3, -0.25) is 4.79 Å². The van der Waals surface area contributed by atoms with Crippen molar-refractivity contribution < 1.29 is 23.8 Å². The van der Waals surface area contributed by atoms with Gasteiger partial charge in [0.1, 0.15) is 23.7 Å². The maximum Gasteiger partial charge on any atom is 0.338 e. The summed E-state index contributed by atoms with van der Waals surface area (Å²) >= 11 is 0. The Kier molecular flexibility index (Phi) is 5.45. The van der Waals surface area contributed by atoms with Crippen molar-refractivity contribution in [3.63, 3.8) is 0 Å². The Hall–Kier alpha value is -3.60. The van der Waals surface area contributed by atoms with Crippen LogP contribution in [0.3, 0.4) is 0 Å². The molecule has 2 aliphatic carbocycles. The highest BCUT2D eigenvalue weighted by atomic mass is 16.5. The SMILES string of the molecule is CC12CCC(C1)C1(C)Oc3ccc(C(=O)COc4ccc(C(=O)OCc5ccccc5)cc4)cc3C21C. The van der Waals surface area contributed by atoms with Crippen LogP contribution in [-0.4, -0.2) is 24.0 Å². The fourth-order valence-electron chi connectivity index (χ4n) is 7.09. The molecule has 5 nitrogen and oxygen atoms in total. The standard InChI is InChI=1S/C32H32O5/c1-30-16-15-24(18-30)32(3)31(30,2)26-17-23(11-14-28(26)37-32)27(33)20-35-25-12-9-22(10-13-25)29(34)36-19-21-7-5-4-6-8-21/h4-14,17,24H,15-16,18-20H2,1-3H3. The molecular formula is C32H32O5. The van der Waals surface area contributed by atoms with E-state index in [-0.39, 0.29) is 35.4 Å². The Morgan fingerprint density at radius 1 is 0.946 bits per heavy atom. The van der Waals surface area contributed by atoms with Crippen LogP contribution < -0.4 is 9.47 Å². The summed E-state index contributed by atoms with van der Waals surface area (Å²) in [4.78, 5) is 25.4. The van der Waals surface area contributed by atoms with Gasteiger partial charge in [-0.25, -0.2) is 4.79 Å². The second-order valence-electron chi connectivity index (χ2n) is 11.3. The van der Waals surface area contributed by atoms with E-state index in [0.29, 0.717) is 22.8 Å². The van der Waals surface area contributed by atoms with E-state index in [4.69, 9.17) is 14.2 Å². The van der Waals surface area contributed by atoms with Crippen molar-refractivity contribution in [3.8, 4) is 11.5 Å². The number of esters is 1. The van der Waals surface area contributed by atoms with E-state index in [2.05, 4.69) is 20.8 Å². The number of fused-ring (bicyclic) bond motifs is 7. The van der Waals surface area contributed by atoms with Crippen LogP contribution >= 0.6 is 0 Å². The Balaban J connectivity index is 1.10. The van der Waals surface area contributed by atoms with Crippen molar-refractivity contribution in [1.29, 1.82) is 0 Å². The van der Waals surface area contributed by atoms with Gasteiger partial charge in [0.25, 0.3) is 0 Å². The summed E-state index contributed by atoms with van der Waals surface area (Å²) in [5.41, 5.74) is 3.01. The molecule has 0 radical (unpaired) electrons. The van der Waals surface area contributed by atoms with Crippen LogP contribution in [0.2, 0.25) is 0 Å². The van der Waals surface area contributed by atoms with Crippen LogP contribution in [0.4, 0.5) is 0 Å². The average molecular weight is 497 g/mol. The van der Waals surface area contributed by atoms with Gasteiger partial charge in [-0.05, 0) is 85.5 Å². The summed E-state index contributed by atoms with van der Waals surface area (Å²) < 4.78 is 17.7. The van der Waals surface area contributed by atoms with E-state index in [1.54, 1.807) is 24.3 Å². The largest absolute Gasteiger partial charge is 0.486 e. The zero-order valence-corrected chi connectivity index (χ0v) is 21.6. The molecule has 5 heteroatoms. The van der Waals surface area contributed by atoms with Crippen molar-refractivity contribution >= 4 is 11.8 Å². The van der Waals surface area contributed by atoms with E-state index in [9.17, 15) is 9.59 Å². The normalized spacial score (nSPS) is 28.8. The number of benzene rings is 3. The number of rotatable bonds is 7. The molecular weight excluding hydrogens is 464 g/mol. The molecule has 3 aromatic rings. The number of carbonyl (C=O) groups is 2. The molecule has 2 bridgehead atoms. The third-order valence-corrected chi connectivity index (χ3v) is 9.56. The molecule has 0 amide bonds. The minimum atomic E-state index is -0.401. The van der Waals surface area contributed by atoms with Crippen LogP contribution in [0.25, 0.3) is 0 Å². The molecule has 2 saturated carbocycles. The molecule has 1 heterocycles. The average Bonchev–Trinajstić information content (AvgIpc) is 3.49. The molecule has 1 aliphatic heterocycles. The maximum absolute atomic E-state index is 13.1. The first-order valence-electron chi connectivity index (χ1n) is 13.0. The number of ether oxygens (including phenoxy) is 3. The predicted octanol–water partition coefficient (Wildman–Crippen LogP) is 6.53. The molecule has 4 atom stereocenters. The van der Waals surface area contributed by atoms with E-state index in [0.717, 1.165) is 16.9 Å². The Morgan fingerprint density at radius 2 is 1.68 bits per heavy atom. The first-order chi connectivity index (χ1) is 17.7. The van der Waals surface area contributed by atoms with E-state index in [1.165, 1.54) is 19.3 Å². The van der Waals surface area contributed by atoms with Crippen molar-refractivity contribution in [2.24, 2.45) is 11.3 Å². The quantitative estimate of drug-likeness (QED) is 0.275. The van der Waals surface area contributed by atoms with E-state index >= 15 is 0 Å². The van der Waals surface area contributed by atoms with Gasteiger partial charge in [0, 0.05) is 16.5 Å². The second kappa shape index (κ2) is 8.47. The van der Waals surface area contributed by atoms with Gasteiger partial charge in [0.05, 0.1) is 5.56 Å². The molecule has 37 heavy (non-hydrogen) atoms. The zero-order valence-electron chi connectivity index (χ0n) is 21.6. The topological polar surface area (TPSA) is 61.8 Å². The smallest absolute Gasteiger partial charge is 0.338 e. The van der Waals surface area contributed by atoms with Crippen LogP contribution in [0, 0.1) is 11.3 Å². The minimum Gasteiger partial charge on any atom is -0.486 e. The van der Waals surface area contributed by atoms with Crippen LogP contribution in [0.15, 0.2) is 72.8 Å². The van der Waals surface area contributed by atoms with Gasteiger partial charge in [-0.15, -0.1) is 0 Å². The van der Waals surface area contributed by atoms with E-state index < -0.39 is 5.97 Å². The molecule has 0 spiro atoms. The summed E-state index contributed by atoms with van der Waals surface area (Å²) in [6.07, 6.45) is 3.58. The van der Waals surface area contributed by atoms with Gasteiger partial charge < -0.3 is 14.2 Å². The van der Waals surface area contributed by atoms with Gasteiger partial charge in [0.2, 0.25) is 0 Å². The van der Waals surface area contributed by atoms with Crippen molar-refractivity contribution in [1.82, 2.24) is 0 Å². The molecule has 190 valence electrons. The lowest BCUT2D eigenvalue weighted by Gasteiger charge is -2.48. The number of Topliss-reactive ketones (excluding diaryl/α,β-unsaturated/α-hetero) is 1. The lowest BCUT2D eigenvalue weighted by atomic mass is 9.56. The van der Waals surface area contributed by atoms with Crippen molar-refractivity contribution in [2.75, 3.05) is 6.61 Å². The van der Waals surface area contributed by atoms with Gasteiger partial charge in [0.15, 0.2) is 12.4 Å². The van der Waals surface area contributed by atoms with Gasteiger partial charge >= 0.3 is 5.97 Å². The molecule has 3 aromatic carbocycles. The predicted molar refractivity (Wildman–Crippen MR) is 140 cm³/mol. The monoisotopic (exact) mass is 496 g/mol. The summed E-state index contributed by atoms with van der Waals surface area (Å²) in [5, 5.41) is 0. The lowest BCUT2D eigenvalue weighted by molar-refractivity contribution is -0.0260. The van der Waals surface area contributed by atoms with Crippen LogP contribution in [-0.2, 0) is 16.8 Å². The number of hydrogen-bond donors (Lipinski definition) is 0. The van der Waals surface area contributed by atoms with Crippen LogP contribution in [0.1, 0.15) is 71.9 Å². The fraction of sp³-hybridized carbons (Fsp3) is 0.375. The van der Waals surface area contributed by atoms with Crippen molar-refractivity contribution in [2.45, 2.75) is 57.7 Å². The highest BCUT2D eigenvalue weighted by Crippen LogP contribution is 2.73. The number of carbonyl (C=O) groups excluding carboxylic acids is 2. The summed E-state index contributed by atoms with van der Waals surface area (Å²) in [6, 6.07) is 22.0. The molecule has 2 fully saturated rings. The Labute approximate surface area is 217 Å². The third-order valence-electron chi connectivity index (χ3n) is 9.56. The number of ketones is 1. The second-order valence-corrected chi connectivity index (χ2v) is 11.3. The molecule has 6 rings (SSSR count). The molecule has 0 saturated heterocycles. The summed E-state index contributed by atoms with van der Waals surface area (Å²) in [6.45, 7) is 7.11. The summed E-state index contributed by atoms with van der Waals surface area (Å²) in [5.74, 6) is 1.50. The highest BCUT2D eigenvalue weighted by molar-refractivity contribution is 5.98. The number of hydrogen-bond acceptors (Lipinski definition) is 5. The molecule has 3 aliphatic rings. The molecule has 4 unspecified atom stereocenters. The zero-order chi connectivity index (χ0) is 25.8. The lowest BCUT2D eigenvalue weighted by Crippen LogP contribution is -2.54. The highest BCUT2D eigenvalue weighted by Gasteiger charge is 2.73. The Bertz CT molecular complexity index is 1360. The first kappa shape index (κ1) is 23.8. The fourth-order valence-corrected chi connectivity index (χ4v) is 7.09. The molecule has 0 N–H and O–H groups in total. The van der Waals surface area contributed by atoms with Crippen LogP contribution in [0.5, 0.6) is 11.5 Å². The molecule has 0 aromatic heterocycles. The Morgan fingerprint density at radius 3 is 2.43 bits per heavy atom. The third kappa shape index (κ3) is 3.58. The van der Waals surface area contributed by atoms with Gasteiger partial charge in [-0.2, -0.15) is 0 Å². The van der Waals surface area contributed by atoms with Crippen molar-refractivity contribution in [3.05, 3.63) is 95.1 Å². The van der Waals surface area contributed by atoms with Gasteiger partial charge in [-0.1, -0.05) is 44.2 Å². The minimum absolute atomic E-state index is 0.0781. The van der Waals surface area contributed by atoms with E-state index in [1.807, 2.05) is 48.5 Å². The summed E-state index contributed by atoms with van der Waals surface area (Å²) in [7, 11) is 0. The first-order valence-corrected chi connectivity index (χ1v) is 13.0. The maximum atomic E-state index is 13.1.